The third kappa shape index (κ3) is 7.95. The second kappa shape index (κ2) is 9.69. The van der Waals surface area contributed by atoms with E-state index in [0.29, 0.717) is 0 Å². The summed E-state index contributed by atoms with van der Waals surface area (Å²) in [4.78, 5) is 19.7. The van der Waals surface area contributed by atoms with Gasteiger partial charge in [0.1, 0.15) is 6.61 Å². The van der Waals surface area contributed by atoms with Gasteiger partial charge in [0.15, 0.2) is 0 Å². The fraction of sp³-hybridized carbons (Fsp3) is 0.375. The Hall–Kier alpha value is -0.398. The third-order valence-electron chi connectivity index (χ3n) is 0.958. The van der Waals surface area contributed by atoms with Crippen molar-refractivity contribution in [2.45, 2.75) is 13.0 Å². The maximum absolute atomic E-state index is 9.99. The molecular formula is C8H10O4U. The maximum atomic E-state index is 9.99. The number of carbonyl (C=O) groups is 1. The van der Waals surface area contributed by atoms with E-state index in [0.717, 1.165) is 0 Å². The molecular weight excluding hydrogens is 398 g/mol. The molecule has 0 aromatic rings. The molecule has 70 valence electrons. The summed E-state index contributed by atoms with van der Waals surface area (Å²) in [5.41, 5.74) is 0. The normalized spacial score (nSPS) is 19.2. The Balaban J connectivity index is 0. The van der Waals surface area contributed by atoms with E-state index >= 15 is 0 Å². The topological polar surface area (TPSA) is 52.6 Å². The minimum Gasteiger partial charge on any atom is -0.538 e. The second-order valence-electron chi connectivity index (χ2n) is 1.85. The monoisotopic (exact) mass is 408 g/mol. The van der Waals surface area contributed by atoms with Crippen molar-refractivity contribution >= 4 is 12.4 Å². The number of cyclic esters (lactones) is 2. The van der Waals surface area contributed by atoms with E-state index in [1.54, 1.807) is 6.08 Å². The zero-order chi connectivity index (χ0) is 9.40. The second-order valence-corrected chi connectivity index (χ2v) is 1.85. The maximum Gasteiger partial charge on any atom is 2.00 e. The molecule has 1 unspecified atom stereocenters. The van der Waals surface area contributed by atoms with Gasteiger partial charge in [-0.1, -0.05) is 0 Å². The first-order chi connectivity index (χ1) is 5.74. The summed E-state index contributed by atoms with van der Waals surface area (Å²) < 4.78 is 8.46. The van der Waals surface area contributed by atoms with Gasteiger partial charge < -0.3 is 14.3 Å². The summed E-state index contributed by atoms with van der Waals surface area (Å²) in [5, 5.41) is 0. The predicted molar refractivity (Wildman–Crippen MR) is 42.1 cm³/mol. The molecule has 1 aliphatic heterocycles. The van der Waals surface area contributed by atoms with Crippen LogP contribution in [0.2, 0.25) is 0 Å². The molecule has 0 saturated carbocycles. The van der Waals surface area contributed by atoms with E-state index in [9.17, 15) is 9.59 Å². The summed E-state index contributed by atoms with van der Waals surface area (Å²) in [7, 11) is 0. The first kappa shape index (κ1) is 15.1. The van der Waals surface area contributed by atoms with Crippen LogP contribution in [0.4, 0.5) is 4.79 Å². The molecule has 1 atom stereocenters. The smallest absolute Gasteiger partial charge is 0.538 e. The molecule has 0 amide bonds. The van der Waals surface area contributed by atoms with Crippen LogP contribution < -0.4 is 0 Å². The summed E-state index contributed by atoms with van der Waals surface area (Å²) in [6.07, 6.45) is 3.52. The molecule has 1 rings (SSSR count). The van der Waals surface area contributed by atoms with Crippen molar-refractivity contribution in [1.82, 2.24) is 0 Å². The fourth-order valence-corrected chi connectivity index (χ4v) is 0.386. The van der Waals surface area contributed by atoms with E-state index in [2.05, 4.69) is 16.4 Å². The summed E-state index contributed by atoms with van der Waals surface area (Å²) >= 11 is 0. The number of ether oxygens (including phenoxy) is 2. The number of hydrogen-bond acceptors (Lipinski definition) is 4. The van der Waals surface area contributed by atoms with Gasteiger partial charge >= 0.3 is 37.3 Å². The average molecular weight is 408 g/mol. The van der Waals surface area contributed by atoms with Gasteiger partial charge in [0.05, 0.1) is 0 Å². The van der Waals surface area contributed by atoms with Crippen molar-refractivity contribution < 1.29 is 50.2 Å². The molecule has 0 aromatic heterocycles. The molecule has 13 heavy (non-hydrogen) atoms. The Morgan fingerprint density at radius 2 is 2.23 bits per heavy atom. The average Bonchev–Trinajstić information content (AvgIpc) is 2.52. The molecule has 0 bridgehead atoms. The molecule has 0 aromatic carbocycles. The zero-order valence-corrected chi connectivity index (χ0v) is 11.4. The predicted octanol–water partition coefficient (Wildman–Crippen LogP) is 1.03. The third-order valence-corrected chi connectivity index (χ3v) is 0.958. The van der Waals surface area contributed by atoms with Gasteiger partial charge in [-0.15, -0.1) is 6.92 Å². The van der Waals surface area contributed by atoms with Crippen LogP contribution in [-0.2, 0) is 14.3 Å². The van der Waals surface area contributed by atoms with Crippen LogP contribution in [0.1, 0.15) is 6.92 Å². The quantitative estimate of drug-likeness (QED) is 0.481. The minimum absolute atomic E-state index is 0. The molecule has 1 aliphatic rings. The van der Waals surface area contributed by atoms with Crippen LogP contribution in [0, 0.1) is 38.0 Å². The summed E-state index contributed by atoms with van der Waals surface area (Å²) in [5.74, 6) is 0. The van der Waals surface area contributed by atoms with Gasteiger partial charge in [0.25, 0.3) is 0 Å². The standard InChI is InChI=1S/C4H3O4.C4H7.U/c5-1-3-2-7-4(6)8-3;1-3-4-2;/h3H,2H2;3-4H,1H2,2H3;/q2*-1;+2/b;4-3+;. The van der Waals surface area contributed by atoms with Gasteiger partial charge in [-0.25, -0.2) is 30.2 Å². The van der Waals surface area contributed by atoms with Crippen LogP contribution in [-0.4, -0.2) is 25.2 Å². The molecule has 0 spiro atoms. The Morgan fingerprint density at radius 3 is 2.38 bits per heavy atom. The molecule has 0 radical (unpaired) electrons. The van der Waals surface area contributed by atoms with Gasteiger partial charge in [0, 0.05) is 6.10 Å². The van der Waals surface area contributed by atoms with Crippen molar-refractivity contribution in [3.63, 3.8) is 0 Å². The van der Waals surface area contributed by atoms with Gasteiger partial charge in [-0.3, -0.25) is 0 Å². The molecule has 1 fully saturated rings. The Labute approximate surface area is 101 Å². The van der Waals surface area contributed by atoms with Crippen molar-refractivity contribution in [2.24, 2.45) is 0 Å². The minimum atomic E-state index is -0.803. The van der Waals surface area contributed by atoms with Gasteiger partial charge in [-0.2, -0.15) is 0 Å². The van der Waals surface area contributed by atoms with E-state index in [-0.39, 0.29) is 37.7 Å². The summed E-state index contributed by atoms with van der Waals surface area (Å²) in [6, 6.07) is 0. The molecule has 5 heteroatoms. The van der Waals surface area contributed by atoms with Crippen LogP contribution in [0.25, 0.3) is 0 Å². The molecule has 1 heterocycles. The first-order valence-corrected chi connectivity index (χ1v) is 3.36. The van der Waals surface area contributed by atoms with Gasteiger partial charge in [0.2, 0.25) is 0 Å². The number of rotatable bonds is 1. The van der Waals surface area contributed by atoms with Crippen LogP contribution in [0.5, 0.6) is 0 Å². The Kier molecular flexibility index (Phi) is 11.2. The van der Waals surface area contributed by atoms with E-state index < -0.39 is 12.3 Å². The van der Waals surface area contributed by atoms with Crippen molar-refractivity contribution in [3.05, 3.63) is 19.1 Å². The Bertz CT molecular complexity index is 175. The van der Waals surface area contributed by atoms with Crippen LogP contribution in [0.3, 0.4) is 0 Å². The number of allylic oxidation sites excluding steroid dienone is 2. The first-order valence-electron chi connectivity index (χ1n) is 3.36. The number of carbonyl (C=O) groups excluding carboxylic acids is 2. The molecule has 4 nitrogen and oxygen atoms in total. The molecule has 0 N–H and O–H groups in total. The van der Waals surface area contributed by atoms with E-state index in [1.165, 1.54) is 6.29 Å². The van der Waals surface area contributed by atoms with Crippen LogP contribution >= 0.6 is 0 Å². The Morgan fingerprint density at radius 1 is 1.69 bits per heavy atom. The summed E-state index contributed by atoms with van der Waals surface area (Å²) in [6.45, 7) is 5.36. The van der Waals surface area contributed by atoms with E-state index in [1.807, 2.05) is 13.0 Å². The van der Waals surface area contributed by atoms with Crippen molar-refractivity contribution in [1.29, 1.82) is 0 Å². The van der Waals surface area contributed by atoms with E-state index in [4.69, 9.17) is 0 Å². The largest absolute Gasteiger partial charge is 2.00 e. The molecule has 1 saturated heterocycles. The van der Waals surface area contributed by atoms with Crippen molar-refractivity contribution in [2.75, 3.05) is 6.61 Å². The van der Waals surface area contributed by atoms with Gasteiger partial charge in [-0.05, 0) is 0 Å². The fourth-order valence-electron chi connectivity index (χ4n) is 0.386. The van der Waals surface area contributed by atoms with Crippen molar-refractivity contribution in [3.8, 4) is 0 Å². The van der Waals surface area contributed by atoms with Crippen LogP contribution in [0.15, 0.2) is 12.2 Å². The zero-order valence-electron chi connectivity index (χ0n) is 7.28. The SMILES string of the molecule is O=[C-]C1COC(=O)O1.[CH2-]/C=C/C.[U+2]. The molecule has 0 aliphatic carbocycles. The number of hydrogen-bond donors (Lipinski definition) is 0.